The van der Waals surface area contributed by atoms with Crippen molar-refractivity contribution in [1.82, 2.24) is 9.88 Å². The fourth-order valence-electron chi connectivity index (χ4n) is 11.6. The Balaban J connectivity index is 1.25. The molecule has 0 radical (unpaired) electrons. The minimum Gasteiger partial charge on any atom is -0.507 e. The zero-order valence-electron chi connectivity index (χ0n) is 49.6. The van der Waals surface area contributed by atoms with Crippen molar-refractivity contribution < 1.29 is 72.4 Å². The van der Waals surface area contributed by atoms with Crippen molar-refractivity contribution in [3.8, 4) is 17.2 Å². The van der Waals surface area contributed by atoms with Gasteiger partial charge >= 0.3 is 25.8 Å². The lowest BCUT2D eigenvalue weighted by molar-refractivity contribution is -0.164. The number of esters is 2. The third kappa shape index (κ3) is 12.4. The third-order valence-electron chi connectivity index (χ3n) is 16.5. The zero-order valence-corrected chi connectivity index (χ0v) is 50.5. The molecule has 1 aromatic heterocycles. The number of fused-ring (bicyclic) bond motifs is 14. The van der Waals surface area contributed by atoms with Gasteiger partial charge < -0.3 is 58.7 Å². The van der Waals surface area contributed by atoms with Crippen molar-refractivity contribution >= 4 is 81.3 Å². The number of allylic oxidation sites excluding steroid dienone is 2. The highest BCUT2D eigenvalue weighted by molar-refractivity contribution is 7.47. The lowest BCUT2D eigenvalue weighted by atomic mass is 9.78. The number of phenolic OH excluding ortho intramolecular Hbond substituents is 1. The van der Waals surface area contributed by atoms with Gasteiger partial charge in [-0.15, -0.1) is 0 Å². The Hall–Kier alpha value is -7.26. The number of aromatic nitrogens is 1. The van der Waals surface area contributed by atoms with E-state index in [2.05, 4.69) is 29.0 Å². The summed E-state index contributed by atoms with van der Waals surface area (Å²) in [5, 5.41) is 50.5. The number of nitrogens with one attached hydrogen (secondary N) is 1. The van der Waals surface area contributed by atoms with Gasteiger partial charge in [-0.2, -0.15) is 4.89 Å². The monoisotopic (exact) mass is 1180 g/mol. The summed E-state index contributed by atoms with van der Waals surface area (Å²) in [5.74, 6) is -8.20. The molecule has 0 spiro atoms. The van der Waals surface area contributed by atoms with Gasteiger partial charge in [0.25, 0.3) is 5.91 Å². The molecule has 10 atom stereocenters. The van der Waals surface area contributed by atoms with E-state index in [1.165, 1.54) is 77.5 Å². The Morgan fingerprint density at radius 2 is 1.63 bits per heavy atom. The third-order valence-corrected chi connectivity index (χ3v) is 17.2. The van der Waals surface area contributed by atoms with E-state index < -0.39 is 113 Å². The van der Waals surface area contributed by atoms with Crippen LogP contribution in [0.1, 0.15) is 93.7 Å². The number of carbonyl (C=O) groups excluding carboxylic acids is 3. The van der Waals surface area contributed by atoms with Crippen LogP contribution in [0.5, 0.6) is 17.2 Å². The van der Waals surface area contributed by atoms with Crippen molar-refractivity contribution in [3.63, 3.8) is 0 Å². The fourth-order valence-corrected chi connectivity index (χ4v) is 12.1. The summed E-state index contributed by atoms with van der Waals surface area (Å²) in [5.41, 5.74) is -2.63. The normalized spacial score (nSPS) is 26.4. The van der Waals surface area contributed by atoms with Crippen molar-refractivity contribution in [3.05, 3.63) is 103 Å². The number of hydrogen-bond donors (Lipinski definition) is 6. The molecule has 9 rings (SSSR count). The maximum Gasteiger partial charge on any atom is 0.546 e. The average molecular weight is 1180 g/mol. The summed E-state index contributed by atoms with van der Waals surface area (Å²) in [6.07, 6.45) is 2.27. The van der Waals surface area contributed by atoms with Gasteiger partial charge in [-0.25, -0.2) is 4.98 Å². The zero-order chi connectivity index (χ0) is 61.6. The van der Waals surface area contributed by atoms with Crippen LogP contribution in [0.2, 0.25) is 0 Å². The number of ether oxygens (including phenoxy) is 5. The molecule has 1 amide bonds. The second-order valence-electron chi connectivity index (χ2n) is 23.7. The molecule has 450 valence electrons. The number of aliphatic hydroxyl groups is 3. The predicted octanol–water partition coefficient (Wildman–Crippen LogP) is 6.97. The maximum absolute atomic E-state index is 15.1. The molecule has 84 heavy (non-hydrogen) atoms. The van der Waals surface area contributed by atoms with Gasteiger partial charge in [0.15, 0.2) is 22.4 Å². The quantitative estimate of drug-likeness (QED) is 0.0270. The van der Waals surface area contributed by atoms with Gasteiger partial charge in [-0.05, 0) is 42.5 Å². The summed E-state index contributed by atoms with van der Waals surface area (Å²) in [6.45, 7) is 23.6. The lowest BCUT2D eigenvalue weighted by Crippen LogP contribution is -2.47. The number of phenols is 1. The SMILES string of the molecule is CO[C@H]1/C=C/O[C@@]2(C)Oc3c(C)c(O)c4c(=O)c(c5oc6cc(N7CCN(CC(C)C)CC7)cc(=O)c6nc5c4c3=C2O)NC(=O)/C(C)=C\C=C\[C@H](C)[C@H](O)[C@@H](C)[C@@H](O)[C@@H](C)[C@H](OC(=O)CC(C)(C)c2cc([P+](=O)O)ccc2OC(C)=O)[C@@H]1C. The number of methoxy groups -OCH3 is 1. The van der Waals surface area contributed by atoms with Crippen molar-refractivity contribution in [2.75, 3.05) is 50.1 Å². The van der Waals surface area contributed by atoms with Crippen molar-refractivity contribution in [2.24, 2.45) is 29.6 Å². The van der Waals surface area contributed by atoms with Crippen LogP contribution < -0.4 is 41.1 Å². The van der Waals surface area contributed by atoms with Gasteiger partial charge in [0.2, 0.25) is 16.2 Å². The van der Waals surface area contributed by atoms with E-state index >= 15 is 4.79 Å². The molecule has 22 heteroatoms. The summed E-state index contributed by atoms with van der Waals surface area (Å²) in [4.78, 5) is 89.3. The number of amides is 1. The smallest absolute Gasteiger partial charge is 0.507 e. The van der Waals surface area contributed by atoms with E-state index in [0.717, 1.165) is 19.6 Å². The lowest BCUT2D eigenvalue weighted by Gasteiger charge is -2.38. The van der Waals surface area contributed by atoms with E-state index in [9.17, 15) is 49.1 Å². The van der Waals surface area contributed by atoms with Crippen molar-refractivity contribution in [1.29, 1.82) is 0 Å². The molecule has 1 saturated heterocycles. The fraction of sp³-hybridized carbons (Fsp3) is 0.484. The first kappa shape index (κ1) is 62.8. The Morgan fingerprint density at radius 3 is 2.27 bits per heavy atom. The average Bonchev–Trinajstić information content (AvgIpc) is 1.36. The van der Waals surface area contributed by atoms with E-state index in [-0.39, 0.29) is 78.1 Å². The van der Waals surface area contributed by atoms with E-state index in [1.54, 1.807) is 59.8 Å². The molecular weight excluding hydrogens is 1100 g/mol. The summed E-state index contributed by atoms with van der Waals surface area (Å²) in [6, 6.07) is 7.23. The van der Waals surface area contributed by atoms with E-state index in [1.807, 2.05) is 0 Å². The number of anilines is 2. The minimum atomic E-state index is -2.81. The van der Waals surface area contributed by atoms with Crippen LogP contribution in [0, 0.1) is 36.5 Å². The highest BCUT2D eigenvalue weighted by Gasteiger charge is 2.45. The van der Waals surface area contributed by atoms with E-state index in [4.69, 9.17) is 33.1 Å². The number of benzene rings is 4. The first-order valence-corrected chi connectivity index (χ1v) is 29.3. The Bertz CT molecular complexity index is 3720. The maximum atomic E-state index is 15.1. The Labute approximate surface area is 487 Å². The van der Waals surface area contributed by atoms with Gasteiger partial charge in [-0.1, -0.05) is 73.6 Å². The molecule has 1 unspecified atom stereocenters. The van der Waals surface area contributed by atoms with Gasteiger partial charge in [0.1, 0.15) is 34.6 Å². The van der Waals surface area contributed by atoms with Crippen LogP contribution in [0.15, 0.2) is 80.5 Å². The molecule has 5 aromatic rings. The van der Waals surface area contributed by atoms with Gasteiger partial charge in [0, 0.05) is 129 Å². The molecule has 5 heterocycles. The van der Waals surface area contributed by atoms with Crippen LogP contribution in [0.25, 0.3) is 38.7 Å². The number of aliphatic hydroxyl groups excluding tert-OH is 3. The number of nitrogens with zero attached hydrogens (tertiary/aromatic N) is 3. The van der Waals surface area contributed by atoms with Crippen LogP contribution in [-0.2, 0) is 38.6 Å². The van der Waals surface area contributed by atoms with Crippen molar-refractivity contribution in [2.45, 2.75) is 125 Å². The second-order valence-corrected chi connectivity index (χ2v) is 24.8. The van der Waals surface area contributed by atoms with Crippen LogP contribution in [0.4, 0.5) is 11.4 Å². The largest absolute Gasteiger partial charge is 0.546 e. The number of hydrogen-bond acceptors (Lipinski definition) is 19. The molecule has 4 aliphatic rings. The number of aromatic hydroxyl groups is 1. The Morgan fingerprint density at radius 1 is 0.940 bits per heavy atom. The molecule has 4 aliphatic heterocycles. The molecule has 4 aromatic carbocycles. The standard InChI is InChI=1S/C62H75N4O17P/c1-30(2)29-65-20-22-66(23-21-65)38-25-41(68)49-44(26-38)81-58-50(63-49)46-47-54(72)36(8)57-48(46)59(74)62(12,83-57)79-24-19-42(78-13)33(5)56(82-45(69)28-61(10,11)40-27-39(84(76)77)17-18-43(40)80-37(9)67)35(7)53(71)34(6)52(70)31(3)15-14-16-32(4)60(75)64-51(58)55(47)73/h14-19,24-27,30-31,33-35,42,52-53,56,70-71H,20-23,28-29H2,1-13H3,(H3-,63,64,68,72,73,74,75,76,77)/p+1/b15-14+,24-19+,32-16-/t31-,33+,34+,35+,42-,52-,53+,56+,62-/m0/s1. The molecule has 0 aliphatic carbocycles. The number of carbonyl (C=O) groups is 3. The topological polar surface area (TPSA) is 294 Å². The second kappa shape index (κ2) is 24.8. The highest BCUT2D eigenvalue weighted by Crippen LogP contribution is 2.43. The van der Waals surface area contributed by atoms with Gasteiger partial charge in [-0.3, -0.25) is 28.9 Å². The van der Waals surface area contributed by atoms with Crippen LogP contribution in [-0.4, -0.2) is 123 Å². The van der Waals surface area contributed by atoms with Crippen LogP contribution >= 0.6 is 8.03 Å². The first-order chi connectivity index (χ1) is 39.5. The van der Waals surface area contributed by atoms with Crippen LogP contribution in [0.3, 0.4) is 0 Å². The first-order valence-electron chi connectivity index (χ1n) is 28.1. The summed E-state index contributed by atoms with van der Waals surface area (Å²) >= 11 is 0. The summed E-state index contributed by atoms with van der Waals surface area (Å²) < 4.78 is 49.1. The minimum absolute atomic E-state index is 0.00596. The number of rotatable bonds is 10. The molecule has 5 bridgehead atoms. The predicted molar refractivity (Wildman–Crippen MR) is 318 cm³/mol. The molecular formula is C62H76N4O17P+. The molecule has 1 fully saturated rings. The molecule has 6 N–H and O–H groups in total. The Kier molecular flexibility index (Phi) is 18.5. The van der Waals surface area contributed by atoms with Gasteiger partial charge in [0.05, 0.1) is 41.6 Å². The summed E-state index contributed by atoms with van der Waals surface area (Å²) in [7, 11) is -1.41. The molecule has 0 saturated carbocycles. The molecule has 21 nitrogen and oxygen atoms in total. The highest BCUT2D eigenvalue weighted by atomic mass is 31.1. The van der Waals surface area contributed by atoms with E-state index in [0.29, 0.717) is 24.7 Å². The number of piperazine rings is 1.